The van der Waals surface area contributed by atoms with Crippen LogP contribution in [0.4, 0.5) is 0 Å². The number of nitrogens with zero attached hydrogens (tertiary/aromatic N) is 1. The van der Waals surface area contributed by atoms with E-state index < -0.39 is 11.6 Å². The lowest BCUT2D eigenvalue weighted by Gasteiger charge is -2.28. The van der Waals surface area contributed by atoms with E-state index in [-0.39, 0.29) is 5.92 Å². The highest BCUT2D eigenvalue weighted by atomic mass is 16.5. The average Bonchev–Trinajstić information content (AvgIpc) is 2.27. The van der Waals surface area contributed by atoms with E-state index in [0.29, 0.717) is 17.7 Å². The first-order valence-corrected chi connectivity index (χ1v) is 5.80. The number of benzene rings is 1. The Balaban J connectivity index is 2.97. The molecule has 18 heavy (non-hydrogen) atoms. The Labute approximate surface area is 107 Å². The Morgan fingerprint density at radius 1 is 1.56 bits per heavy atom. The molecule has 1 N–H and O–H groups in total. The smallest absolute Gasteiger partial charge is 0.347 e. The molecule has 4 nitrogen and oxygen atoms in total. The first-order valence-electron chi connectivity index (χ1n) is 5.80. The van der Waals surface area contributed by atoms with E-state index in [1.54, 1.807) is 31.2 Å². The van der Waals surface area contributed by atoms with Gasteiger partial charge in [-0.2, -0.15) is 5.26 Å². The van der Waals surface area contributed by atoms with Gasteiger partial charge in [-0.25, -0.2) is 4.79 Å². The molecule has 0 aromatic heterocycles. The second kappa shape index (κ2) is 5.54. The molecule has 0 fully saturated rings. The van der Waals surface area contributed by atoms with Crippen LogP contribution in [-0.4, -0.2) is 16.7 Å². The maximum absolute atomic E-state index is 11.3. The van der Waals surface area contributed by atoms with Crippen LogP contribution in [0.5, 0.6) is 5.75 Å². The number of nitriles is 1. The van der Waals surface area contributed by atoms with Crippen LogP contribution in [0.3, 0.4) is 0 Å². The zero-order valence-electron chi connectivity index (χ0n) is 10.8. The predicted molar refractivity (Wildman–Crippen MR) is 67.3 cm³/mol. The fourth-order valence-electron chi connectivity index (χ4n) is 1.84. The van der Waals surface area contributed by atoms with Crippen molar-refractivity contribution in [2.45, 2.75) is 32.8 Å². The van der Waals surface area contributed by atoms with Gasteiger partial charge in [-0.15, -0.1) is 0 Å². The molecule has 0 heterocycles. The summed E-state index contributed by atoms with van der Waals surface area (Å²) in [4.78, 5) is 11.3. The van der Waals surface area contributed by atoms with Gasteiger partial charge in [0.25, 0.3) is 0 Å². The van der Waals surface area contributed by atoms with E-state index in [1.165, 1.54) is 0 Å². The number of ether oxygens (including phenoxy) is 1. The largest absolute Gasteiger partial charge is 0.478 e. The van der Waals surface area contributed by atoms with Crippen LogP contribution in [0.25, 0.3) is 0 Å². The van der Waals surface area contributed by atoms with Gasteiger partial charge in [-0.05, 0) is 31.0 Å². The van der Waals surface area contributed by atoms with Gasteiger partial charge in [-0.3, -0.25) is 0 Å². The Morgan fingerprint density at radius 2 is 2.22 bits per heavy atom. The summed E-state index contributed by atoms with van der Waals surface area (Å²) >= 11 is 0. The van der Waals surface area contributed by atoms with Gasteiger partial charge in [-0.1, -0.05) is 19.9 Å². The summed E-state index contributed by atoms with van der Waals surface area (Å²) in [5, 5.41) is 18.1. The maximum atomic E-state index is 11.3. The highest BCUT2D eigenvalue weighted by molar-refractivity contribution is 5.77. The molecule has 1 rings (SSSR count). The first kappa shape index (κ1) is 14.0. The van der Waals surface area contributed by atoms with Crippen molar-refractivity contribution in [3.8, 4) is 11.8 Å². The Morgan fingerprint density at radius 3 is 2.72 bits per heavy atom. The van der Waals surface area contributed by atoms with Gasteiger partial charge >= 0.3 is 5.97 Å². The molecular weight excluding hydrogens is 230 g/mol. The van der Waals surface area contributed by atoms with Crippen LogP contribution in [0.15, 0.2) is 24.3 Å². The minimum Gasteiger partial charge on any atom is -0.478 e. The van der Waals surface area contributed by atoms with Crippen LogP contribution < -0.4 is 4.74 Å². The average molecular weight is 247 g/mol. The summed E-state index contributed by atoms with van der Waals surface area (Å²) < 4.78 is 5.57. The second-order valence-electron chi connectivity index (χ2n) is 4.88. The fourth-order valence-corrected chi connectivity index (χ4v) is 1.84. The number of carboxylic acids is 1. The Hall–Kier alpha value is -2.02. The normalized spacial score (nSPS) is 13.7. The summed E-state index contributed by atoms with van der Waals surface area (Å²) in [5.74, 6) is -0.400. The molecule has 0 bridgehead atoms. The van der Waals surface area contributed by atoms with Crippen molar-refractivity contribution >= 4 is 5.97 Å². The first-order chi connectivity index (χ1) is 8.37. The zero-order chi connectivity index (χ0) is 13.8. The van der Waals surface area contributed by atoms with Gasteiger partial charge in [0.2, 0.25) is 5.60 Å². The third-order valence-electron chi connectivity index (χ3n) is 2.56. The molecule has 0 aliphatic carbocycles. The molecule has 0 amide bonds. The lowest BCUT2D eigenvalue weighted by molar-refractivity contribution is -0.155. The SMILES string of the molecule is CC(C)CC(C)(Oc1cccc(C#N)c1)C(=O)O. The maximum Gasteiger partial charge on any atom is 0.347 e. The molecule has 0 aliphatic rings. The fraction of sp³-hybridized carbons (Fsp3) is 0.429. The van der Waals surface area contributed by atoms with Gasteiger partial charge < -0.3 is 9.84 Å². The zero-order valence-corrected chi connectivity index (χ0v) is 10.8. The van der Waals surface area contributed by atoms with Crippen LogP contribution in [-0.2, 0) is 4.79 Å². The van der Waals surface area contributed by atoms with E-state index in [4.69, 9.17) is 10.00 Å². The molecule has 0 aliphatic heterocycles. The van der Waals surface area contributed by atoms with Crippen molar-refractivity contribution in [1.82, 2.24) is 0 Å². The lowest BCUT2D eigenvalue weighted by atomic mass is 9.94. The minimum absolute atomic E-state index is 0.199. The highest BCUT2D eigenvalue weighted by Crippen LogP contribution is 2.25. The van der Waals surface area contributed by atoms with Crippen molar-refractivity contribution in [3.05, 3.63) is 29.8 Å². The molecule has 1 unspecified atom stereocenters. The molecule has 0 saturated heterocycles. The van der Waals surface area contributed by atoms with Crippen LogP contribution >= 0.6 is 0 Å². The lowest BCUT2D eigenvalue weighted by Crippen LogP contribution is -2.42. The summed E-state index contributed by atoms with van der Waals surface area (Å²) in [5.41, 5.74) is -0.827. The molecule has 1 aromatic carbocycles. The van der Waals surface area contributed by atoms with E-state index >= 15 is 0 Å². The molecule has 1 atom stereocenters. The Kier molecular flexibility index (Phi) is 4.33. The van der Waals surface area contributed by atoms with E-state index in [0.717, 1.165) is 0 Å². The number of carboxylic acid groups (broad SMARTS) is 1. The molecule has 1 aromatic rings. The number of carbonyl (C=O) groups is 1. The number of aliphatic carboxylic acids is 1. The van der Waals surface area contributed by atoms with Crippen molar-refractivity contribution < 1.29 is 14.6 Å². The summed E-state index contributed by atoms with van der Waals surface area (Å²) in [6.45, 7) is 5.43. The van der Waals surface area contributed by atoms with Crippen molar-refractivity contribution in [3.63, 3.8) is 0 Å². The standard InChI is InChI=1S/C14H17NO3/c1-10(2)8-14(3,13(16)17)18-12-6-4-5-11(7-12)9-15/h4-7,10H,8H2,1-3H3,(H,16,17). The second-order valence-corrected chi connectivity index (χ2v) is 4.88. The highest BCUT2D eigenvalue weighted by Gasteiger charge is 2.36. The van der Waals surface area contributed by atoms with Crippen LogP contribution in [0.2, 0.25) is 0 Å². The molecule has 0 spiro atoms. The molecule has 0 radical (unpaired) electrons. The molecule has 0 saturated carbocycles. The summed E-state index contributed by atoms with van der Waals surface area (Å²) in [7, 11) is 0. The van der Waals surface area contributed by atoms with Crippen molar-refractivity contribution in [2.24, 2.45) is 5.92 Å². The third-order valence-corrected chi connectivity index (χ3v) is 2.56. The van der Waals surface area contributed by atoms with Crippen molar-refractivity contribution in [2.75, 3.05) is 0 Å². The van der Waals surface area contributed by atoms with E-state index in [1.807, 2.05) is 19.9 Å². The minimum atomic E-state index is -1.28. The number of hydrogen-bond donors (Lipinski definition) is 1. The van der Waals surface area contributed by atoms with E-state index in [9.17, 15) is 9.90 Å². The Bertz CT molecular complexity index is 476. The quantitative estimate of drug-likeness (QED) is 0.868. The monoisotopic (exact) mass is 247 g/mol. The number of rotatable bonds is 5. The summed E-state index contributed by atoms with van der Waals surface area (Å²) in [6, 6.07) is 8.51. The number of hydrogen-bond acceptors (Lipinski definition) is 3. The van der Waals surface area contributed by atoms with Gasteiger partial charge in [0.1, 0.15) is 5.75 Å². The van der Waals surface area contributed by atoms with Gasteiger partial charge in [0.05, 0.1) is 11.6 Å². The summed E-state index contributed by atoms with van der Waals surface area (Å²) in [6.07, 6.45) is 0.402. The van der Waals surface area contributed by atoms with Crippen LogP contribution in [0, 0.1) is 17.2 Å². The van der Waals surface area contributed by atoms with Gasteiger partial charge in [0, 0.05) is 6.42 Å². The van der Waals surface area contributed by atoms with E-state index in [2.05, 4.69) is 0 Å². The molecular formula is C14H17NO3. The van der Waals surface area contributed by atoms with Gasteiger partial charge in [0.15, 0.2) is 0 Å². The molecule has 4 heteroatoms. The van der Waals surface area contributed by atoms with Crippen molar-refractivity contribution in [1.29, 1.82) is 5.26 Å². The molecule has 96 valence electrons. The topological polar surface area (TPSA) is 70.3 Å². The third kappa shape index (κ3) is 3.49. The predicted octanol–water partition coefficient (Wildman–Crippen LogP) is 2.83. The van der Waals surface area contributed by atoms with Crippen LogP contribution in [0.1, 0.15) is 32.8 Å².